The molecule has 0 saturated heterocycles. The third kappa shape index (κ3) is 3.78. The zero-order chi connectivity index (χ0) is 19.6. The number of hydrogen-bond acceptors (Lipinski definition) is 5. The van der Waals surface area contributed by atoms with E-state index in [4.69, 9.17) is 4.74 Å². The predicted molar refractivity (Wildman–Crippen MR) is 108 cm³/mol. The van der Waals surface area contributed by atoms with E-state index in [1.165, 1.54) is 22.2 Å². The molecule has 0 saturated carbocycles. The third-order valence-corrected chi connectivity index (χ3v) is 5.43. The number of fused-ring (bicyclic) bond motifs is 1. The molecule has 0 spiro atoms. The van der Waals surface area contributed by atoms with E-state index in [-0.39, 0.29) is 11.5 Å². The molecule has 3 aromatic rings. The topological polar surface area (TPSA) is 64.4 Å². The molecule has 1 aromatic carbocycles. The van der Waals surface area contributed by atoms with E-state index in [0.29, 0.717) is 33.8 Å². The maximum absolute atomic E-state index is 12.9. The summed E-state index contributed by atoms with van der Waals surface area (Å²) < 4.78 is 6.97. The minimum Gasteiger partial charge on any atom is -0.490 e. The van der Waals surface area contributed by atoms with Crippen LogP contribution in [0.2, 0.25) is 0 Å². The van der Waals surface area contributed by atoms with Gasteiger partial charge in [0.25, 0.3) is 11.5 Å². The Bertz CT molecular complexity index is 1070. The first-order valence-corrected chi connectivity index (χ1v) is 9.27. The molecule has 2 aromatic heterocycles. The smallest absolute Gasteiger partial charge is 0.264 e. The van der Waals surface area contributed by atoms with Gasteiger partial charge < -0.3 is 14.2 Å². The van der Waals surface area contributed by atoms with Crippen LogP contribution in [0.4, 0.5) is 0 Å². The average Bonchev–Trinajstić information content (AvgIpc) is 3.00. The van der Waals surface area contributed by atoms with Crippen LogP contribution in [0.5, 0.6) is 5.75 Å². The minimum atomic E-state index is -0.137. The Balaban J connectivity index is 1.85. The van der Waals surface area contributed by atoms with E-state index in [9.17, 15) is 9.59 Å². The van der Waals surface area contributed by atoms with Gasteiger partial charge in [-0.3, -0.25) is 9.59 Å². The zero-order valence-corrected chi connectivity index (χ0v) is 16.4. The van der Waals surface area contributed by atoms with Crippen LogP contribution in [-0.4, -0.2) is 34.0 Å². The van der Waals surface area contributed by atoms with Crippen molar-refractivity contribution in [1.82, 2.24) is 14.5 Å². The highest BCUT2D eigenvalue weighted by molar-refractivity contribution is 7.20. The second kappa shape index (κ2) is 7.75. The summed E-state index contributed by atoms with van der Waals surface area (Å²) >= 11 is 1.26. The molecule has 6 nitrogen and oxygen atoms in total. The Hall–Kier alpha value is -2.93. The van der Waals surface area contributed by atoms with Gasteiger partial charge in [-0.25, -0.2) is 4.98 Å². The fourth-order valence-corrected chi connectivity index (χ4v) is 3.95. The number of hydrogen-bond donors (Lipinski definition) is 0. The number of thiophene rings is 1. The first-order valence-electron chi connectivity index (χ1n) is 8.45. The second-order valence-electron chi connectivity index (χ2n) is 6.31. The van der Waals surface area contributed by atoms with Crippen LogP contribution in [0.25, 0.3) is 10.2 Å². The van der Waals surface area contributed by atoms with Crippen molar-refractivity contribution < 1.29 is 9.53 Å². The molecule has 140 valence electrons. The van der Waals surface area contributed by atoms with Crippen LogP contribution in [-0.2, 0) is 13.6 Å². The van der Waals surface area contributed by atoms with E-state index in [1.54, 1.807) is 32.0 Å². The van der Waals surface area contributed by atoms with Crippen LogP contribution in [0.3, 0.4) is 0 Å². The number of rotatable bonds is 6. The number of benzene rings is 1. The van der Waals surface area contributed by atoms with E-state index in [1.807, 2.05) is 24.3 Å². The summed E-state index contributed by atoms with van der Waals surface area (Å²) in [6.07, 6.45) is 3.16. The fourth-order valence-electron chi connectivity index (χ4n) is 2.82. The molecule has 7 heteroatoms. The van der Waals surface area contributed by atoms with Gasteiger partial charge in [0.2, 0.25) is 0 Å². The SMILES string of the molecule is C=CCOc1cccc(CN(C)C(=O)c2sc3ncn(C)c(=O)c3c2C)c1. The molecular weight excluding hydrogens is 362 g/mol. The van der Waals surface area contributed by atoms with Crippen LogP contribution in [0, 0.1) is 6.92 Å². The van der Waals surface area contributed by atoms with Crippen molar-refractivity contribution in [2.45, 2.75) is 13.5 Å². The standard InChI is InChI=1S/C20H21N3O3S/c1-5-9-26-15-8-6-7-14(10-15)11-22(3)20(25)17-13(2)16-18(27-17)21-12-23(4)19(16)24/h5-8,10,12H,1,9,11H2,2-4H3. The number of amides is 1. The van der Waals surface area contributed by atoms with E-state index in [0.717, 1.165) is 11.3 Å². The third-order valence-electron chi connectivity index (χ3n) is 4.24. The molecule has 0 radical (unpaired) electrons. The maximum Gasteiger partial charge on any atom is 0.264 e. The molecule has 0 aliphatic carbocycles. The first kappa shape index (κ1) is 18.8. The Labute approximate surface area is 161 Å². The highest BCUT2D eigenvalue weighted by atomic mass is 32.1. The van der Waals surface area contributed by atoms with E-state index >= 15 is 0 Å². The summed E-state index contributed by atoms with van der Waals surface area (Å²) in [5.41, 5.74) is 1.51. The molecular formula is C20H21N3O3S. The van der Waals surface area contributed by atoms with Crippen molar-refractivity contribution >= 4 is 27.5 Å². The predicted octanol–water partition coefficient (Wildman–Crippen LogP) is 3.14. The average molecular weight is 383 g/mol. The van der Waals surface area contributed by atoms with Gasteiger partial charge in [-0.15, -0.1) is 11.3 Å². The monoisotopic (exact) mass is 383 g/mol. The molecule has 0 aliphatic heterocycles. The van der Waals surface area contributed by atoms with Crippen molar-refractivity contribution in [3.8, 4) is 5.75 Å². The van der Waals surface area contributed by atoms with Gasteiger partial charge in [-0.2, -0.15) is 0 Å². The number of carbonyl (C=O) groups is 1. The molecule has 0 bridgehead atoms. The van der Waals surface area contributed by atoms with Crippen molar-refractivity contribution in [2.75, 3.05) is 13.7 Å². The normalized spacial score (nSPS) is 10.8. The molecule has 0 aliphatic rings. The van der Waals surface area contributed by atoms with E-state index in [2.05, 4.69) is 11.6 Å². The largest absolute Gasteiger partial charge is 0.490 e. The van der Waals surface area contributed by atoms with Gasteiger partial charge in [-0.1, -0.05) is 24.8 Å². The van der Waals surface area contributed by atoms with Crippen LogP contribution in [0.15, 0.2) is 48.0 Å². The molecule has 2 heterocycles. The molecule has 3 rings (SSSR count). The highest BCUT2D eigenvalue weighted by Gasteiger charge is 2.21. The Morgan fingerprint density at radius 3 is 2.96 bits per heavy atom. The fraction of sp³-hybridized carbons (Fsp3) is 0.250. The lowest BCUT2D eigenvalue weighted by Crippen LogP contribution is -2.26. The lowest BCUT2D eigenvalue weighted by Gasteiger charge is -2.17. The van der Waals surface area contributed by atoms with Gasteiger partial charge in [-0.05, 0) is 30.2 Å². The Kier molecular flexibility index (Phi) is 5.41. The Morgan fingerprint density at radius 1 is 1.44 bits per heavy atom. The van der Waals surface area contributed by atoms with Crippen LogP contribution >= 0.6 is 11.3 Å². The van der Waals surface area contributed by atoms with Gasteiger partial charge >= 0.3 is 0 Å². The quantitative estimate of drug-likeness (QED) is 0.614. The lowest BCUT2D eigenvalue weighted by atomic mass is 10.1. The van der Waals surface area contributed by atoms with Crippen LogP contribution in [0.1, 0.15) is 20.8 Å². The van der Waals surface area contributed by atoms with Gasteiger partial charge in [0, 0.05) is 20.6 Å². The Morgan fingerprint density at radius 2 is 2.22 bits per heavy atom. The molecule has 0 N–H and O–H groups in total. The summed E-state index contributed by atoms with van der Waals surface area (Å²) in [6, 6.07) is 7.61. The highest BCUT2D eigenvalue weighted by Crippen LogP contribution is 2.28. The number of carbonyl (C=O) groups excluding carboxylic acids is 1. The molecule has 0 fully saturated rings. The number of ether oxygens (including phenoxy) is 1. The number of aromatic nitrogens is 2. The minimum absolute atomic E-state index is 0.130. The molecule has 27 heavy (non-hydrogen) atoms. The van der Waals surface area contributed by atoms with Crippen LogP contribution < -0.4 is 10.3 Å². The zero-order valence-electron chi connectivity index (χ0n) is 15.6. The number of aryl methyl sites for hydroxylation is 2. The lowest BCUT2D eigenvalue weighted by molar-refractivity contribution is 0.0789. The van der Waals surface area contributed by atoms with Crippen molar-refractivity contribution in [2.24, 2.45) is 7.05 Å². The summed E-state index contributed by atoms with van der Waals surface area (Å²) in [6.45, 7) is 6.30. The van der Waals surface area contributed by atoms with Gasteiger partial charge in [0.15, 0.2) is 0 Å². The summed E-state index contributed by atoms with van der Waals surface area (Å²) in [5, 5.41) is 0.515. The molecule has 0 atom stereocenters. The first-order chi connectivity index (χ1) is 12.9. The second-order valence-corrected chi connectivity index (χ2v) is 7.30. The van der Waals surface area contributed by atoms with Crippen molar-refractivity contribution in [1.29, 1.82) is 0 Å². The van der Waals surface area contributed by atoms with E-state index < -0.39 is 0 Å². The molecule has 1 amide bonds. The summed E-state index contributed by atoms with van der Waals surface area (Å²) in [7, 11) is 3.40. The molecule has 0 unspecified atom stereocenters. The number of nitrogens with zero attached hydrogens (tertiary/aromatic N) is 3. The van der Waals surface area contributed by atoms with Gasteiger partial charge in [0.1, 0.15) is 17.2 Å². The summed E-state index contributed by atoms with van der Waals surface area (Å²) in [4.78, 5) is 32.3. The van der Waals surface area contributed by atoms with Gasteiger partial charge in [0.05, 0.1) is 16.6 Å². The summed E-state index contributed by atoms with van der Waals surface area (Å²) in [5.74, 6) is 0.606. The van der Waals surface area contributed by atoms with Crippen molar-refractivity contribution in [3.63, 3.8) is 0 Å². The maximum atomic E-state index is 12.9. The van der Waals surface area contributed by atoms with Crippen molar-refractivity contribution in [3.05, 3.63) is 69.6 Å².